The van der Waals surface area contributed by atoms with Gasteiger partial charge in [-0.05, 0) is 29.3 Å². The van der Waals surface area contributed by atoms with Gasteiger partial charge in [-0.25, -0.2) is 0 Å². The van der Waals surface area contributed by atoms with Crippen LogP contribution >= 0.6 is 0 Å². The van der Waals surface area contributed by atoms with Crippen LogP contribution in [0.1, 0.15) is 18.9 Å². The molecule has 0 aliphatic carbocycles. The van der Waals surface area contributed by atoms with Gasteiger partial charge >= 0.3 is 0 Å². The Balaban J connectivity index is 2.74. The van der Waals surface area contributed by atoms with Gasteiger partial charge in [0.05, 0.1) is 0 Å². The Bertz CT molecular complexity index is 228. The lowest BCUT2D eigenvalue weighted by atomic mass is 10.1. The smallest absolute Gasteiger partial charge is 0.108 e. The molecule has 0 spiro atoms. The molecule has 0 saturated carbocycles. The molecule has 0 amide bonds. The van der Waals surface area contributed by atoms with Crippen molar-refractivity contribution in [2.75, 3.05) is 0 Å². The van der Waals surface area contributed by atoms with Gasteiger partial charge in [0.15, 0.2) is 0 Å². The fraction of sp³-hybridized carbons (Fsp3) is 0.333. The third-order valence-electron chi connectivity index (χ3n) is 1.58. The van der Waals surface area contributed by atoms with E-state index < -0.39 is 0 Å². The van der Waals surface area contributed by atoms with Gasteiger partial charge in [-0.2, -0.15) is 0 Å². The quantitative estimate of drug-likeness (QED) is 0.607. The minimum Gasteiger partial charge on any atom is -0.145 e. The Kier molecular flexibility index (Phi) is 2.78. The lowest BCUT2D eigenvalue weighted by Crippen LogP contribution is -1.79. The minimum atomic E-state index is 0.504. The predicted molar refractivity (Wildman–Crippen MR) is 45.9 cm³/mol. The number of nitroso groups, excluding NO2 is 1. The zero-order chi connectivity index (χ0) is 8.10. The molecule has 1 aromatic rings. The van der Waals surface area contributed by atoms with Crippen LogP contribution in [0.3, 0.4) is 0 Å². The Morgan fingerprint density at radius 1 is 1.27 bits per heavy atom. The molecule has 0 fully saturated rings. The van der Waals surface area contributed by atoms with Gasteiger partial charge in [-0.15, -0.1) is 4.91 Å². The van der Waals surface area contributed by atoms with Crippen molar-refractivity contribution in [3.05, 3.63) is 34.7 Å². The predicted octanol–water partition coefficient (Wildman–Crippen LogP) is 3.04. The first-order chi connectivity index (χ1) is 5.36. The van der Waals surface area contributed by atoms with Crippen LogP contribution in [0.4, 0.5) is 5.69 Å². The summed E-state index contributed by atoms with van der Waals surface area (Å²) in [4.78, 5) is 10.0. The fourth-order valence-electron chi connectivity index (χ4n) is 1.01. The van der Waals surface area contributed by atoms with E-state index >= 15 is 0 Å². The van der Waals surface area contributed by atoms with Crippen molar-refractivity contribution in [1.29, 1.82) is 0 Å². The van der Waals surface area contributed by atoms with Crippen molar-refractivity contribution in [3.8, 4) is 0 Å². The molecule has 1 rings (SSSR count). The standard InChI is InChI=1S/C9H11NO/c1-2-3-8-4-6-9(10-11)7-5-8/h4-7H,2-3H2,1H3. The monoisotopic (exact) mass is 149 g/mol. The molecule has 2 heteroatoms. The minimum absolute atomic E-state index is 0.504. The number of hydrogen-bond acceptors (Lipinski definition) is 2. The molecule has 11 heavy (non-hydrogen) atoms. The molecular weight excluding hydrogens is 138 g/mol. The van der Waals surface area contributed by atoms with E-state index in [1.165, 1.54) is 5.56 Å². The lowest BCUT2D eigenvalue weighted by Gasteiger charge is -1.96. The summed E-state index contributed by atoms with van der Waals surface area (Å²) >= 11 is 0. The molecule has 0 heterocycles. The first-order valence-corrected chi connectivity index (χ1v) is 3.79. The first kappa shape index (κ1) is 7.92. The van der Waals surface area contributed by atoms with Crippen molar-refractivity contribution in [3.63, 3.8) is 0 Å². The summed E-state index contributed by atoms with van der Waals surface area (Å²) in [6.45, 7) is 2.13. The van der Waals surface area contributed by atoms with Crippen molar-refractivity contribution in [2.45, 2.75) is 19.8 Å². The van der Waals surface area contributed by atoms with E-state index in [4.69, 9.17) is 0 Å². The topological polar surface area (TPSA) is 29.4 Å². The summed E-state index contributed by atoms with van der Waals surface area (Å²) in [5.41, 5.74) is 1.77. The van der Waals surface area contributed by atoms with E-state index in [1.807, 2.05) is 12.1 Å². The van der Waals surface area contributed by atoms with Crippen molar-refractivity contribution >= 4 is 5.69 Å². The Morgan fingerprint density at radius 2 is 1.91 bits per heavy atom. The third-order valence-corrected chi connectivity index (χ3v) is 1.58. The Labute approximate surface area is 66.2 Å². The Morgan fingerprint density at radius 3 is 2.36 bits per heavy atom. The number of aryl methyl sites for hydroxylation is 1. The maximum Gasteiger partial charge on any atom is 0.108 e. The molecule has 0 N–H and O–H groups in total. The highest BCUT2D eigenvalue weighted by atomic mass is 16.3. The van der Waals surface area contributed by atoms with Crippen LogP contribution < -0.4 is 0 Å². The average Bonchev–Trinajstić information content (AvgIpc) is 2.07. The van der Waals surface area contributed by atoms with Gasteiger partial charge < -0.3 is 0 Å². The number of nitrogens with zero attached hydrogens (tertiary/aromatic N) is 1. The van der Waals surface area contributed by atoms with E-state index in [2.05, 4.69) is 12.1 Å². The van der Waals surface area contributed by atoms with Crippen molar-refractivity contribution in [1.82, 2.24) is 0 Å². The number of benzene rings is 1. The maximum absolute atomic E-state index is 10.0. The third kappa shape index (κ3) is 2.15. The maximum atomic E-state index is 10.0. The zero-order valence-corrected chi connectivity index (χ0v) is 6.58. The molecule has 58 valence electrons. The highest BCUT2D eigenvalue weighted by Gasteiger charge is 1.91. The van der Waals surface area contributed by atoms with E-state index in [0.717, 1.165) is 12.8 Å². The van der Waals surface area contributed by atoms with Crippen molar-refractivity contribution < 1.29 is 0 Å². The second-order valence-corrected chi connectivity index (χ2v) is 2.51. The summed E-state index contributed by atoms with van der Waals surface area (Å²) in [5, 5.41) is 2.82. The van der Waals surface area contributed by atoms with Gasteiger partial charge in [-0.1, -0.05) is 25.5 Å². The van der Waals surface area contributed by atoms with E-state index in [-0.39, 0.29) is 0 Å². The molecule has 0 aliphatic heterocycles. The summed E-state index contributed by atoms with van der Waals surface area (Å²) in [7, 11) is 0. The fourth-order valence-corrected chi connectivity index (χ4v) is 1.01. The number of hydrogen-bond donors (Lipinski definition) is 0. The zero-order valence-electron chi connectivity index (χ0n) is 6.58. The van der Waals surface area contributed by atoms with Crippen LogP contribution in [0.15, 0.2) is 29.4 Å². The summed E-state index contributed by atoms with van der Waals surface area (Å²) in [6.07, 6.45) is 2.20. The summed E-state index contributed by atoms with van der Waals surface area (Å²) in [5.74, 6) is 0. The lowest BCUT2D eigenvalue weighted by molar-refractivity contribution is 0.922. The highest BCUT2D eigenvalue weighted by molar-refractivity contribution is 5.38. The molecule has 0 aromatic heterocycles. The van der Waals surface area contributed by atoms with Gasteiger partial charge in [0.1, 0.15) is 5.69 Å². The van der Waals surface area contributed by atoms with Crippen LogP contribution in [0.25, 0.3) is 0 Å². The van der Waals surface area contributed by atoms with Crippen LogP contribution in [-0.2, 0) is 6.42 Å². The van der Waals surface area contributed by atoms with Crippen LogP contribution in [-0.4, -0.2) is 0 Å². The summed E-state index contributed by atoms with van der Waals surface area (Å²) in [6, 6.07) is 7.39. The second kappa shape index (κ2) is 3.86. The SMILES string of the molecule is CCCc1ccc(N=O)cc1. The van der Waals surface area contributed by atoms with E-state index in [9.17, 15) is 4.91 Å². The van der Waals surface area contributed by atoms with Gasteiger partial charge in [0, 0.05) is 0 Å². The molecule has 0 aliphatic rings. The largest absolute Gasteiger partial charge is 0.145 e. The normalized spacial score (nSPS) is 9.55. The van der Waals surface area contributed by atoms with Crippen LogP contribution in [0.2, 0.25) is 0 Å². The van der Waals surface area contributed by atoms with Crippen LogP contribution in [0, 0.1) is 4.91 Å². The molecule has 0 atom stereocenters. The summed E-state index contributed by atoms with van der Waals surface area (Å²) < 4.78 is 0. The van der Waals surface area contributed by atoms with Gasteiger partial charge in [0.25, 0.3) is 0 Å². The average molecular weight is 149 g/mol. The molecular formula is C9H11NO. The molecule has 1 aromatic carbocycles. The number of rotatable bonds is 3. The van der Waals surface area contributed by atoms with E-state index in [1.54, 1.807) is 12.1 Å². The van der Waals surface area contributed by atoms with Crippen LogP contribution in [0.5, 0.6) is 0 Å². The van der Waals surface area contributed by atoms with E-state index in [0.29, 0.717) is 5.69 Å². The second-order valence-electron chi connectivity index (χ2n) is 2.51. The molecule has 0 saturated heterocycles. The van der Waals surface area contributed by atoms with Crippen molar-refractivity contribution in [2.24, 2.45) is 5.18 Å². The molecule has 0 unspecified atom stereocenters. The molecule has 0 bridgehead atoms. The first-order valence-electron chi connectivity index (χ1n) is 3.79. The molecule has 2 nitrogen and oxygen atoms in total. The Hall–Kier alpha value is -1.18. The highest BCUT2D eigenvalue weighted by Crippen LogP contribution is 2.12. The van der Waals surface area contributed by atoms with Gasteiger partial charge in [-0.3, -0.25) is 0 Å². The van der Waals surface area contributed by atoms with Gasteiger partial charge in [0.2, 0.25) is 0 Å². The molecule has 0 radical (unpaired) electrons.